The fraction of sp³-hybridized carbons (Fsp3) is 0.619. The van der Waals surface area contributed by atoms with E-state index in [0.717, 1.165) is 38.4 Å². The number of guanidine groups is 1. The highest BCUT2D eigenvalue weighted by Crippen LogP contribution is 2.13. The molecule has 1 aliphatic rings. The van der Waals surface area contributed by atoms with Gasteiger partial charge in [-0.25, -0.2) is 0 Å². The Morgan fingerprint density at radius 3 is 2.62 bits per heavy atom. The lowest BCUT2D eigenvalue weighted by Crippen LogP contribution is -2.50. The molecule has 1 amide bonds. The smallest absolute Gasteiger partial charge is 0.251 e. The van der Waals surface area contributed by atoms with Crippen LogP contribution >= 0.6 is 24.0 Å². The van der Waals surface area contributed by atoms with Gasteiger partial charge in [-0.05, 0) is 51.8 Å². The minimum absolute atomic E-state index is 0. The summed E-state index contributed by atoms with van der Waals surface area (Å²) in [5.41, 5.74) is 0.588. The number of rotatable bonds is 8. The molecule has 0 bridgehead atoms. The van der Waals surface area contributed by atoms with E-state index >= 15 is 0 Å². The van der Waals surface area contributed by atoms with Gasteiger partial charge in [0.2, 0.25) is 0 Å². The number of aliphatic imine (C=N–C) groups is 1. The lowest BCUT2D eigenvalue weighted by molar-refractivity contribution is 0.0954. The van der Waals surface area contributed by atoms with Crippen molar-refractivity contribution in [3.63, 3.8) is 0 Å². The number of benzene rings is 1. The van der Waals surface area contributed by atoms with E-state index in [4.69, 9.17) is 4.74 Å². The Balaban J connectivity index is 0.00000420. The summed E-state index contributed by atoms with van der Waals surface area (Å²) >= 11 is 0. The first-order valence-electron chi connectivity index (χ1n) is 10.2. The van der Waals surface area contributed by atoms with Gasteiger partial charge in [-0.2, -0.15) is 0 Å². The predicted octanol–water partition coefficient (Wildman–Crippen LogP) is 2.47. The van der Waals surface area contributed by atoms with Crippen LogP contribution in [-0.4, -0.2) is 68.7 Å². The third-order valence-electron chi connectivity index (χ3n) is 4.94. The summed E-state index contributed by atoms with van der Waals surface area (Å²) in [6.45, 7) is 10.6. The number of amides is 1. The van der Waals surface area contributed by atoms with Crippen LogP contribution in [0.1, 0.15) is 44.0 Å². The number of likely N-dealkylation sites (tertiary alicyclic amines) is 1. The van der Waals surface area contributed by atoms with E-state index in [2.05, 4.69) is 46.6 Å². The fourth-order valence-corrected chi connectivity index (χ4v) is 3.28. The summed E-state index contributed by atoms with van der Waals surface area (Å²) in [7, 11) is 1.59. The molecule has 0 saturated carbocycles. The minimum Gasteiger partial charge on any atom is -0.497 e. The molecule has 2 rings (SSSR count). The number of nitrogens with zero attached hydrogens (tertiary/aromatic N) is 2. The van der Waals surface area contributed by atoms with Crippen LogP contribution in [0.15, 0.2) is 29.3 Å². The third kappa shape index (κ3) is 8.77. The van der Waals surface area contributed by atoms with Crippen LogP contribution in [0.3, 0.4) is 0 Å². The Bertz CT molecular complexity index is 646. The maximum atomic E-state index is 12.2. The summed E-state index contributed by atoms with van der Waals surface area (Å²) in [4.78, 5) is 19.3. The molecule has 29 heavy (non-hydrogen) atoms. The molecule has 1 saturated heterocycles. The first-order chi connectivity index (χ1) is 13.5. The minimum atomic E-state index is -0.117. The summed E-state index contributed by atoms with van der Waals surface area (Å²) in [5, 5.41) is 9.73. The van der Waals surface area contributed by atoms with Crippen molar-refractivity contribution in [3.8, 4) is 5.75 Å². The normalized spacial score (nSPS) is 15.6. The lowest BCUT2D eigenvalue weighted by Gasteiger charge is -2.35. The quantitative estimate of drug-likeness (QED) is 0.214. The van der Waals surface area contributed by atoms with Gasteiger partial charge in [0, 0.05) is 43.8 Å². The Morgan fingerprint density at radius 1 is 1.28 bits per heavy atom. The zero-order valence-electron chi connectivity index (χ0n) is 18.0. The highest BCUT2D eigenvalue weighted by atomic mass is 127. The van der Waals surface area contributed by atoms with Crippen LogP contribution in [-0.2, 0) is 0 Å². The van der Waals surface area contributed by atoms with Gasteiger partial charge in [-0.15, -0.1) is 24.0 Å². The van der Waals surface area contributed by atoms with Crippen molar-refractivity contribution in [1.29, 1.82) is 0 Å². The van der Waals surface area contributed by atoms with Crippen molar-refractivity contribution in [2.45, 2.75) is 45.7 Å². The molecule has 1 aliphatic heterocycles. The molecule has 3 N–H and O–H groups in total. The Morgan fingerprint density at radius 2 is 2.00 bits per heavy atom. The molecule has 0 unspecified atom stereocenters. The van der Waals surface area contributed by atoms with Crippen LogP contribution in [0, 0.1) is 0 Å². The van der Waals surface area contributed by atoms with Crippen molar-refractivity contribution in [2.24, 2.45) is 4.99 Å². The monoisotopic (exact) mass is 517 g/mol. The number of piperidine rings is 1. The van der Waals surface area contributed by atoms with Gasteiger partial charge in [-0.3, -0.25) is 9.79 Å². The van der Waals surface area contributed by atoms with E-state index in [0.29, 0.717) is 36.5 Å². The van der Waals surface area contributed by atoms with Crippen molar-refractivity contribution >= 4 is 35.8 Å². The zero-order chi connectivity index (χ0) is 20.4. The van der Waals surface area contributed by atoms with Crippen LogP contribution in [0.2, 0.25) is 0 Å². The van der Waals surface area contributed by atoms with Gasteiger partial charge < -0.3 is 25.6 Å². The maximum Gasteiger partial charge on any atom is 0.251 e. The molecule has 1 fully saturated rings. The highest BCUT2D eigenvalue weighted by molar-refractivity contribution is 14.0. The molecule has 1 heterocycles. The van der Waals surface area contributed by atoms with E-state index in [9.17, 15) is 4.79 Å². The molecule has 0 atom stereocenters. The van der Waals surface area contributed by atoms with Gasteiger partial charge in [-0.1, -0.05) is 6.07 Å². The number of carbonyl (C=O) groups is 1. The lowest BCUT2D eigenvalue weighted by atomic mass is 10.0. The van der Waals surface area contributed by atoms with E-state index in [1.807, 2.05) is 12.1 Å². The first-order valence-corrected chi connectivity index (χ1v) is 10.2. The van der Waals surface area contributed by atoms with Gasteiger partial charge in [0.25, 0.3) is 5.91 Å². The number of ether oxygens (including phenoxy) is 1. The fourth-order valence-electron chi connectivity index (χ4n) is 3.28. The Labute approximate surface area is 192 Å². The third-order valence-corrected chi connectivity index (χ3v) is 4.94. The Hall–Kier alpha value is -1.55. The van der Waals surface area contributed by atoms with Crippen LogP contribution in [0.4, 0.5) is 0 Å². The van der Waals surface area contributed by atoms with Gasteiger partial charge >= 0.3 is 0 Å². The van der Waals surface area contributed by atoms with Gasteiger partial charge in [0.05, 0.1) is 13.7 Å². The molecular weight excluding hydrogens is 481 g/mol. The molecule has 1 aromatic carbocycles. The zero-order valence-corrected chi connectivity index (χ0v) is 20.4. The largest absolute Gasteiger partial charge is 0.497 e. The van der Waals surface area contributed by atoms with E-state index in [1.54, 1.807) is 19.2 Å². The summed E-state index contributed by atoms with van der Waals surface area (Å²) in [6, 6.07) is 8.18. The van der Waals surface area contributed by atoms with E-state index in [1.165, 1.54) is 0 Å². The van der Waals surface area contributed by atoms with Crippen LogP contribution in [0.5, 0.6) is 5.75 Å². The average molecular weight is 517 g/mol. The standard InChI is InChI=1S/C21H35N5O2.HI/c1-5-22-21(25-18-9-13-26(14-10-18)16(2)3)24-12-11-23-20(27)17-7-6-8-19(15-17)28-4;/h6-8,15-16,18H,5,9-14H2,1-4H3,(H,23,27)(H2,22,24,25);1H. The number of nitrogens with one attached hydrogen (secondary N) is 3. The first kappa shape index (κ1) is 25.5. The second-order valence-electron chi connectivity index (χ2n) is 7.30. The Kier molecular flexibility index (Phi) is 12.0. The summed E-state index contributed by atoms with van der Waals surface area (Å²) in [5.74, 6) is 1.38. The molecule has 0 spiro atoms. The molecule has 8 heteroatoms. The molecule has 7 nitrogen and oxygen atoms in total. The van der Waals surface area contributed by atoms with E-state index in [-0.39, 0.29) is 29.9 Å². The van der Waals surface area contributed by atoms with Crippen molar-refractivity contribution in [3.05, 3.63) is 29.8 Å². The maximum absolute atomic E-state index is 12.2. The number of methoxy groups -OCH3 is 1. The van der Waals surface area contributed by atoms with Crippen LogP contribution in [0.25, 0.3) is 0 Å². The molecule has 1 aromatic rings. The number of halogens is 1. The second-order valence-corrected chi connectivity index (χ2v) is 7.30. The number of carbonyl (C=O) groups excluding carboxylic acids is 1. The molecule has 0 aromatic heterocycles. The number of hydrogen-bond donors (Lipinski definition) is 3. The van der Waals surface area contributed by atoms with Gasteiger partial charge in [0.15, 0.2) is 5.96 Å². The topological polar surface area (TPSA) is 78.0 Å². The van der Waals surface area contributed by atoms with Crippen molar-refractivity contribution in [1.82, 2.24) is 20.9 Å². The highest BCUT2D eigenvalue weighted by Gasteiger charge is 2.21. The summed E-state index contributed by atoms with van der Waals surface area (Å²) in [6.07, 6.45) is 2.24. The number of hydrogen-bond acceptors (Lipinski definition) is 4. The van der Waals surface area contributed by atoms with E-state index < -0.39 is 0 Å². The van der Waals surface area contributed by atoms with Crippen molar-refractivity contribution in [2.75, 3.05) is 39.8 Å². The van der Waals surface area contributed by atoms with Crippen LogP contribution < -0.4 is 20.7 Å². The molecular formula is C21H36IN5O2. The molecule has 164 valence electrons. The SMILES string of the molecule is CCNC(=NCCNC(=O)c1cccc(OC)c1)NC1CCN(C(C)C)CC1.I. The molecule has 0 aliphatic carbocycles. The predicted molar refractivity (Wildman–Crippen MR) is 130 cm³/mol. The average Bonchev–Trinajstić information content (AvgIpc) is 2.71. The van der Waals surface area contributed by atoms with Gasteiger partial charge in [0.1, 0.15) is 5.75 Å². The van der Waals surface area contributed by atoms with Crippen molar-refractivity contribution < 1.29 is 9.53 Å². The summed E-state index contributed by atoms with van der Waals surface area (Å²) < 4.78 is 5.16. The second kappa shape index (κ2) is 13.6. The molecule has 0 radical (unpaired) electrons.